The van der Waals surface area contributed by atoms with Crippen molar-refractivity contribution in [2.24, 2.45) is 11.3 Å². The van der Waals surface area contributed by atoms with E-state index in [4.69, 9.17) is 11.6 Å². The highest BCUT2D eigenvalue weighted by molar-refractivity contribution is 6.21. The van der Waals surface area contributed by atoms with Gasteiger partial charge in [0.2, 0.25) is 0 Å². The lowest BCUT2D eigenvalue weighted by atomic mass is 9.61. The fourth-order valence-corrected chi connectivity index (χ4v) is 2.86. The Labute approximate surface area is 103 Å². The predicted octanol–water partition coefficient (Wildman–Crippen LogP) is 2.93. The second-order valence-electron chi connectivity index (χ2n) is 5.67. The van der Waals surface area contributed by atoms with Crippen LogP contribution >= 0.6 is 11.6 Å². The largest absolute Gasteiger partial charge is 0.388 e. The van der Waals surface area contributed by atoms with Gasteiger partial charge in [0.25, 0.3) is 0 Å². The van der Waals surface area contributed by atoms with Gasteiger partial charge in [0.1, 0.15) is 0 Å². The molecule has 0 radical (unpaired) electrons. The number of carbonyl (C=O) groups is 1. The molecule has 1 rings (SSSR count). The molecule has 3 heteroatoms. The van der Waals surface area contributed by atoms with Crippen LogP contribution in [0.2, 0.25) is 0 Å². The second kappa shape index (κ2) is 4.50. The first-order valence-corrected chi connectivity index (χ1v) is 6.17. The number of carbonyl (C=O) groups excluding carboxylic acids is 1. The van der Waals surface area contributed by atoms with Crippen LogP contribution in [0, 0.1) is 11.3 Å². The highest BCUT2D eigenvalue weighted by Crippen LogP contribution is 2.48. The summed E-state index contributed by atoms with van der Waals surface area (Å²) in [6.07, 6.45) is 5.13. The first-order chi connectivity index (χ1) is 7.18. The molecule has 1 saturated carbocycles. The van der Waals surface area contributed by atoms with Gasteiger partial charge in [-0.15, -0.1) is 11.6 Å². The summed E-state index contributed by atoms with van der Waals surface area (Å²) in [7, 11) is 0. The van der Waals surface area contributed by atoms with Crippen molar-refractivity contribution < 1.29 is 9.90 Å². The Morgan fingerprint density at radius 2 is 2.00 bits per heavy atom. The van der Waals surface area contributed by atoms with Crippen molar-refractivity contribution in [3.8, 4) is 0 Å². The Hall–Kier alpha value is -0.340. The fourth-order valence-electron chi connectivity index (χ4n) is 2.62. The van der Waals surface area contributed by atoms with Crippen LogP contribution < -0.4 is 0 Å². The lowest BCUT2D eigenvalue weighted by Gasteiger charge is -2.49. The van der Waals surface area contributed by atoms with Crippen molar-refractivity contribution in [1.82, 2.24) is 0 Å². The van der Waals surface area contributed by atoms with Crippen molar-refractivity contribution in [2.75, 3.05) is 0 Å². The van der Waals surface area contributed by atoms with Crippen LogP contribution in [0.4, 0.5) is 0 Å². The molecule has 0 unspecified atom stereocenters. The maximum absolute atomic E-state index is 11.0. The van der Waals surface area contributed by atoms with Gasteiger partial charge in [-0.05, 0) is 38.2 Å². The maximum atomic E-state index is 11.0. The van der Waals surface area contributed by atoms with E-state index in [1.807, 2.05) is 6.08 Å². The van der Waals surface area contributed by atoms with E-state index in [1.165, 1.54) is 13.0 Å². The number of halogens is 1. The molecule has 1 fully saturated rings. The van der Waals surface area contributed by atoms with Crippen molar-refractivity contribution in [3.05, 3.63) is 12.2 Å². The zero-order chi connectivity index (χ0) is 12.6. The van der Waals surface area contributed by atoms with Crippen LogP contribution in [0.1, 0.15) is 40.5 Å². The number of aliphatic hydroxyl groups is 1. The van der Waals surface area contributed by atoms with E-state index in [0.29, 0.717) is 0 Å². The fraction of sp³-hybridized carbons (Fsp3) is 0.769. The predicted molar refractivity (Wildman–Crippen MR) is 66.6 cm³/mol. The summed E-state index contributed by atoms with van der Waals surface area (Å²) in [5.41, 5.74) is -0.976. The molecular formula is C13H21ClO2. The van der Waals surface area contributed by atoms with E-state index in [9.17, 15) is 9.90 Å². The van der Waals surface area contributed by atoms with Gasteiger partial charge in [-0.1, -0.05) is 19.9 Å². The summed E-state index contributed by atoms with van der Waals surface area (Å²) in [6.45, 7) is 7.50. The Balaban J connectivity index is 3.01. The summed E-state index contributed by atoms with van der Waals surface area (Å²) in [6, 6.07) is 0. The molecule has 2 nitrogen and oxygen atoms in total. The maximum Gasteiger partial charge on any atom is 0.152 e. The van der Waals surface area contributed by atoms with Crippen LogP contribution in [-0.2, 0) is 4.79 Å². The van der Waals surface area contributed by atoms with Gasteiger partial charge in [0, 0.05) is 5.92 Å². The average molecular weight is 245 g/mol. The van der Waals surface area contributed by atoms with Gasteiger partial charge in [-0.3, -0.25) is 4.79 Å². The van der Waals surface area contributed by atoms with Crippen LogP contribution in [-0.4, -0.2) is 21.9 Å². The van der Waals surface area contributed by atoms with Crippen molar-refractivity contribution in [3.63, 3.8) is 0 Å². The van der Waals surface area contributed by atoms with Gasteiger partial charge in [-0.2, -0.15) is 0 Å². The van der Waals surface area contributed by atoms with Crippen LogP contribution in [0.3, 0.4) is 0 Å². The van der Waals surface area contributed by atoms with Crippen molar-refractivity contribution in [1.29, 1.82) is 0 Å². The van der Waals surface area contributed by atoms with E-state index < -0.39 is 5.60 Å². The lowest BCUT2D eigenvalue weighted by Crippen LogP contribution is -2.52. The third-order valence-corrected chi connectivity index (χ3v) is 4.33. The molecule has 0 saturated heterocycles. The number of hydrogen-bond acceptors (Lipinski definition) is 2. The van der Waals surface area contributed by atoms with Gasteiger partial charge >= 0.3 is 0 Å². The van der Waals surface area contributed by atoms with Crippen molar-refractivity contribution in [2.45, 2.75) is 51.5 Å². The Bertz CT molecular complexity index is 305. The van der Waals surface area contributed by atoms with E-state index in [-0.39, 0.29) is 22.5 Å². The van der Waals surface area contributed by atoms with Crippen LogP contribution in [0.5, 0.6) is 0 Å². The Morgan fingerprint density at radius 1 is 1.44 bits per heavy atom. The summed E-state index contributed by atoms with van der Waals surface area (Å²) in [5.74, 6) is -0.0801. The average Bonchev–Trinajstić information content (AvgIpc) is 2.11. The Kier molecular flexibility index (Phi) is 3.86. The third-order valence-electron chi connectivity index (χ3n) is 3.67. The van der Waals surface area contributed by atoms with Crippen LogP contribution in [0.15, 0.2) is 12.2 Å². The molecule has 0 heterocycles. The van der Waals surface area contributed by atoms with Crippen molar-refractivity contribution >= 4 is 17.4 Å². The summed E-state index contributed by atoms with van der Waals surface area (Å²) >= 11 is 6.18. The minimum atomic E-state index is -0.949. The standard InChI is InChI=1S/C13H21ClO2/c1-9(15)5-6-10-12(2,3)8-7-11(14)13(10,4)16/h5-6,10-11,16H,7-8H2,1-4H3/b6-5+/t10-,11-,13-/m0/s1. The van der Waals surface area contributed by atoms with E-state index >= 15 is 0 Å². The molecule has 0 bridgehead atoms. The molecular weight excluding hydrogens is 224 g/mol. The molecule has 1 N–H and O–H groups in total. The zero-order valence-electron chi connectivity index (χ0n) is 10.5. The first kappa shape index (κ1) is 13.7. The summed E-state index contributed by atoms with van der Waals surface area (Å²) < 4.78 is 0. The molecule has 0 spiro atoms. The van der Waals surface area contributed by atoms with E-state index in [1.54, 1.807) is 6.92 Å². The highest BCUT2D eigenvalue weighted by atomic mass is 35.5. The van der Waals surface area contributed by atoms with Gasteiger partial charge in [0.05, 0.1) is 11.0 Å². The zero-order valence-corrected chi connectivity index (χ0v) is 11.2. The normalized spacial score (nSPS) is 38.9. The molecule has 1 aliphatic rings. The van der Waals surface area contributed by atoms with Crippen LogP contribution in [0.25, 0.3) is 0 Å². The molecule has 0 amide bonds. The smallest absolute Gasteiger partial charge is 0.152 e. The minimum absolute atomic E-state index is 0.00305. The molecule has 92 valence electrons. The summed E-state index contributed by atoms with van der Waals surface area (Å²) in [5, 5.41) is 10.2. The second-order valence-corrected chi connectivity index (χ2v) is 6.19. The molecule has 0 aromatic rings. The quantitative estimate of drug-likeness (QED) is 0.599. The SMILES string of the molecule is CC(=O)/C=C/[C@H]1C(C)(C)CC[C@H](Cl)[C@@]1(C)O. The highest BCUT2D eigenvalue weighted by Gasteiger charge is 2.49. The van der Waals surface area contributed by atoms with Gasteiger partial charge < -0.3 is 5.11 Å². The minimum Gasteiger partial charge on any atom is -0.388 e. The summed E-state index contributed by atoms with van der Waals surface area (Å²) in [4.78, 5) is 11.0. The monoisotopic (exact) mass is 244 g/mol. The number of rotatable bonds is 2. The molecule has 0 aromatic carbocycles. The van der Waals surface area contributed by atoms with Gasteiger partial charge in [0.15, 0.2) is 5.78 Å². The Morgan fingerprint density at radius 3 is 2.50 bits per heavy atom. The van der Waals surface area contributed by atoms with E-state index in [2.05, 4.69) is 13.8 Å². The first-order valence-electron chi connectivity index (χ1n) is 5.73. The molecule has 16 heavy (non-hydrogen) atoms. The number of allylic oxidation sites excluding steroid dienone is 1. The number of hydrogen-bond donors (Lipinski definition) is 1. The van der Waals surface area contributed by atoms with E-state index in [0.717, 1.165) is 12.8 Å². The van der Waals surface area contributed by atoms with Gasteiger partial charge in [-0.25, -0.2) is 0 Å². The lowest BCUT2D eigenvalue weighted by molar-refractivity contribution is -0.112. The third kappa shape index (κ3) is 2.67. The molecule has 3 atom stereocenters. The molecule has 0 aliphatic heterocycles. The topological polar surface area (TPSA) is 37.3 Å². The molecule has 0 aromatic heterocycles. The number of alkyl halides is 1. The number of ketones is 1. The molecule has 1 aliphatic carbocycles.